The van der Waals surface area contributed by atoms with Gasteiger partial charge < -0.3 is 15.2 Å². The summed E-state index contributed by atoms with van der Waals surface area (Å²) in [6.07, 6.45) is 3.11. The van der Waals surface area contributed by atoms with Crippen molar-refractivity contribution in [1.29, 1.82) is 0 Å². The number of hydrogen-bond acceptors (Lipinski definition) is 4. The number of hydrogen-bond donors (Lipinski definition) is 2. The summed E-state index contributed by atoms with van der Waals surface area (Å²) >= 11 is 3.38. The first kappa shape index (κ1) is 19.4. The second kappa shape index (κ2) is 9.53. The quantitative estimate of drug-likeness (QED) is 0.689. The third kappa shape index (κ3) is 5.83. The average Bonchev–Trinajstić information content (AvgIpc) is 2.63. The lowest BCUT2D eigenvalue weighted by Crippen LogP contribution is -2.36. The Morgan fingerprint density at radius 2 is 2.04 bits per heavy atom. The highest BCUT2D eigenvalue weighted by Gasteiger charge is 2.19. The van der Waals surface area contributed by atoms with Crippen LogP contribution in [0.15, 0.2) is 47.1 Å². The van der Waals surface area contributed by atoms with E-state index in [1.54, 1.807) is 30.5 Å². The molecule has 0 spiro atoms. The van der Waals surface area contributed by atoms with E-state index in [1.165, 1.54) is 0 Å². The maximum Gasteiger partial charge on any atom is 0.257 e. The zero-order chi connectivity index (χ0) is 18.2. The fourth-order valence-electron chi connectivity index (χ4n) is 2.41. The second-order valence-electron chi connectivity index (χ2n) is 6.01. The molecule has 1 aromatic carbocycles. The van der Waals surface area contributed by atoms with Gasteiger partial charge in [-0.05, 0) is 55.2 Å². The van der Waals surface area contributed by atoms with Gasteiger partial charge in [0.25, 0.3) is 5.91 Å². The third-order valence-electron chi connectivity index (χ3n) is 3.87. The number of rotatable bonds is 8. The van der Waals surface area contributed by atoms with Crippen molar-refractivity contribution >= 4 is 21.8 Å². The molecule has 0 unspecified atom stereocenters. The van der Waals surface area contributed by atoms with Gasteiger partial charge in [0.2, 0.25) is 5.88 Å². The number of ether oxygens (including phenoxy) is 1. The zero-order valence-corrected chi connectivity index (χ0v) is 16.0. The molecule has 5 nitrogen and oxygen atoms in total. The zero-order valence-electron chi connectivity index (χ0n) is 14.4. The van der Waals surface area contributed by atoms with Crippen LogP contribution in [0.5, 0.6) is 11.6 Å². The molecule has 2 rings (SSSR count). The maximum atomic E-state index is 12.6. The normalized spacial score (nSPS) is 13.1. The number of aliphatic hydroxyl groups excluding tert-OH is 1. The molecule has 0 radical (unpaired) electrons. The molecule has 0 aliphatic heterocycles. The predicted molar refractivity (Wildman–Crippen MR) is 101 cm³/mol. The SMILES string of the molecule is CC[C@H](C[C@H](C)CO)NC(=O)c1cccnc1Oc1ccc(Br)cc1. The molecule has 25 heavy (non-hydrogen) atoms. The molecule has 134 valence electrons. The lowest BCUT2D eigenvalue weighted by atomic mass is 10.0. The van der Waals surface area contributed by atoms with Gasteiger partial charge in [-0.2, -0.15) is 0 Å². The molecule has 1 heterocycles. The first-order chi connectivity index (χ1) is 12.0. The Hall–Kier alpha value is -1.92. The van der Waals surface area contributed by atoms with Gasteiger partial charge in [0.05, 0.1) is 0 Å². The molecule has 6 heteroatoms. The van der Waals surface area contributed by atoms with Crippen molar-refractivity contribution in [3.63, 3.8) is 0 Å². The topological polar surface area (TPSA) is 71.5 Å². The number of nitrogens with one attached hydrogen (secondary N) is 1. The van der Waals surface area contributed by atoms with Crippen LogP contribution in [0.25, 0.3) is 0 Å². The summed E-state index contributed by atoms with van der Waals surface area (Å²) in [4.78, 5) is 16.8. The number of nitrogens with zero attached hydrogens (tertiary/aromatic N) is 1. The highest BCUT2D eigenvalue weighted by atomic mass is 79.9. The molecule has 2 N–H and O–H groups in total. The van der Waals surface area contributed by atoms with Crippen LogP contribution in [0.4, 0.5) is 0 Å². The summed E-state index contributed by atoms with van der Waals surface area (Å²) in [6.45, 7) is 4.08. The lowest BCUT2D eigenvalue weighted by Gasteiger charge is -2.20. The number of amides is 1. The first-order valence-corrected chi connectivity index (χ1v) is 9.13. The molecule has 0 saturated heterocycles. The highest BCUT2D eigenvalue weighted by molar-refractivity contribution is 9.10. The molecule has 1 amide bonds. The molecule has 1 aromatic heterocycles. The van der Waals surface area contributed by atoms with E-state index in [9.17, 15) is 9.90 Å². The predicted octanol–water partition coefficient (Wildman–Crippen LogP) is 4.16. The van der Waals surface area contributed by atoms with Gasteiger partial charge in [-0.3, -0.25) is 4.79 Å². The Labute approximate surface area is 156 Å². The number of halogens is 1. The Morgan fingerprint density at radius 3 is 2.68 bits per heavy atom. The molecule has 0 saturated carbocycles. The van der Waals surface area contributed by atoms with Crippen molar-refractivity contribution in [3.8, 4) is 11.6 Å². The van der Waals surface area contributed by atoms with Crippen molar-refractivity contribution in [3.05, 3.63) is 52.6 Å². The van der Waals surface area contributed by atoms with Gasteiger partial charge in [0, 0.05) is 23.3 Å². The van der Waals surface area contributed by atoms with Gasteiger partial charge in [-0.25, -0.2) is 4.98 Å². The van der Waals surface area contributed by atoms with Crippen molar-refractivity contribution in [2.45, 2.75) is 32.7 Å². The van der Waals surface area contributed by atoms with Crippen LogP contribution in [0.2, 0.25) is 0 Å². The second-order valence-corrected chi connectivity index (χ2v) is 6.93. The monoisotopic (exact) mass is 406 g/mol. The molecular formula is C19H23BrN2O3. The largest absolute Gasteiger partial charge is 0.438 e. The third-order valence-corrected chi connectivity index (χ3v) is 4.40. The Kier molecular flexibility index (Phi) is 7.40. The summed E-state index contributed by atoms with van der Waals surface area (Å²) in [5, 5.41) is 12.2. The Balaban J connectivity index is 2.12. The van der Waals surface area contributed by atoms with Crippen LogP contribution in [0, 0.1) is 5.92 Å². The fraction of sp³-hybridized carbons (Fsp3) is 0.368. The van der Waals surface area contributed by atoms with Gasteiger partial charge in [0.15, 0.2) is 0 Å². The minimum Gasteiger partial charge on any atom is -0.438 e. The van der Waals surface area contributed by atoms with Crippen molar-refractivity contribution in [1.82, 2.24) is 10.3 Å². The van der Waals surface area contributed by atoms with E-state index in [4.69, 9.17) is 4.74 Å². The van der Waals surface area contributed by atoms with Crippen LogP contribution in [0.3, 0.4) is 0 Å². The number of benzene rings is 1. The Morgan fingerprint density at radius 1 is 1.32 bits per heavy atom. The molecule has 2 aromatic rings. The Bertz CT molecular complexity index is 691. The number of aliphatic hydroxyl groups is 1. The minimum atomic E-state index is -0.225. The van der Waals surface area contributed by atoms with Crippen molar-refractivity contribution in [2.24, 2.45) is 5.92 Å². The molecule has 0 fully saturated rings. The summed E-state index contributed by atoms with van der Waals surface area (Å²) in [6, 6.07) is 10.7. The maximum absolute atomic E-state index is 12.6. The summed E-state index contributed by atoms with van der Waals surface area (Å²) < 4.78 is 6.72. The summed E-state index contributed by atoms with van der Waals surface area (Å²) in [7, 11) is 0. The van der Waals surface area contributed by atoms with Crippen LogP contribution in [0.1, 0.15) is 37.0 Å². The molecule has 0 aliphatic carbocycles. The van der Waals surface area contributed by atoms with Gasteiger partial charge >= 0.3 is 0 Å². The van der Waals surface area contributed by atoms with Crippen molar-refractivity contribution in [2.75, 3.05) is 6.61 Å². The molecule has 0 aliphatic rings. The lowest BCUT2D eigenvalue weighted by molar-refractivity contribution is 0.0922. The summed E-state index contributed by atoms with van der Waals surface area (Å²) in [5.74, 6) is 0.791. The van der Waals surface area contributed by atoms with Crippen LogP contribution < -0.4 is 10.1 Å². The van der Waals surface area contributed by atoms with Crippen LogP contribution in [-0.4, -0.2) is 28.6 Å². The summed E-state index contributed by atoms with van der Waals surface area (Å²) in [5.41, 5.74) is 0.389. The molecule has 0 bridgehead atoms. The average molecular weight is 407 g/mol. The van der Waals surface area contributed by atoms with Gasteiger partial charge in [0.1, 0.15) is 11.3 Å². The van der Waals surface area contributed by atoms with E-state index in [0.717, 1.165) is 17.3 Å². The van der Waals surface area contributed by atoms with Crippen LogP contribution in [-0.2, 0) is 0 Å². The first-order valence-electron chi connectivity index (χ1n) is 8.33. The van der Waals surface area contributed by atoms with E-state index in [2.05, 4.69) is 26.2 Å². The highest BCUT2D eigenvalue weighted by Crippen LogP contribution is 2.24. The smallest absolute Gasteiger partial charge is 0.257 e. The minimum absolute atomic E-state index is 0.00427. The van der Waals surface area contributed by atoms with Gasteiger partial charge in [-0.1, -0.05) is 29.8 Å². The van der Waals surface area contributed by atoms with Crippen LogP contribution >= 0.6 is 15.9 Å². The van der Waals surface area contributed by atoms with Gasteiger partial charge in [-0.15, -0.1) is 0 Å². The van der Waals surface area contributed by atoms with E-state index in [-0.39, 0.29) is 30.4 Å². The van der Waals surface area contributed by atoms with E-state index < -0.39 is 0 Å². The van der Waals surface area contributed by atoms with Crippen molar-refractivity contribution < 1.29 is 14.6 Å². The fourth-order valence-corrected chi connectivity index (χ4v) is 2.67. The van der Waals surface area contributed by atoms with E-state index in [0.29, 0.717) is 11.3 Å². The molecular weight excluding hydrogens is 384 g/mol. The number of pyridine rings is 1. The van der Waals surface area contributed by atoms with E-state index >= 15 is 0 Å². The standard InChI is InChI=1S/C19H23BrN2O3/c1-3-15(11-13(2)12-23)22-18(24)17-5-4-10-21-19(17)25-16-8-6-14(20)7-9-16/h4-10,13,15,23H,3,11-12H2,1-2H3,(H,22,24)/t13-,15+/m0/s1. The number of aromatic nitrogens is 1. The molecule has 2 atom stereocenters. The number of carbonyl (C=O) groups excluding carboxylic acids is 1. The van der Waals surface area contributed by atoms with E-state index in [1.807, 2.05) is 26.0 Å². The number of carbonyl (C=O) groups is 1.